The molecule has 0 saturated heterocycles. The van der Waals surface area contributed by atoms with Gasteiger partial charge in [-0.1, -0.05) is 26.7 Å². The van der Waals surface area contributed by atoms with Crippen molar-refractivity contribution in [1.82, 2.24) is 4.72 Å². The highest BCUT2D eigenvalue weighted by Crippen LogP contribution is 2.20. The first-order valence-corrected chi connectivity index (χ1v) is 8.16. The lowest BCUT2D eigenvalue weighted by atomic mass is 10.0. The summed E-state index contributed by atoms with van der Waals surface area (Å²) in [5.41, 5.74) is 6.32. The first-order valence-electron chi connectivity index (χ1n) is 5.80. The average molecular weight is 276 g/mol. The highest BCUT2D eigenvalue weighted by atomic mass is 32.2. The first-order chi connectivity index (χ1) is 8.03. The monoisotopic (exact) mass is 276 g/mol. The maximum absolute atomic E-state index is 12.0. The van der Waals surface area contributed by atoms with Crippen molar-refractivity contribution in [3.8, 4) is 0 Å². The van der Waals surface area contributed by atoms with Gasteiger partial charge in [0, 0.05) is 13.1 Å². The largest absolute Gasteiger partial charge is 0.326 e. The van der Waals surface area contributed by atoms with E-state index in [9.17, 15) is 8.42 Å². The predicted octanol–water partition coefficient (Wildman–Crippen LogP) is 1.92. The smallest absolute Gasteiger partial charge is 0.250 e. The number of nitrogens with one attached hydrogen (secondary N) is 1. The summed E-state index contributed by atoms with van der Waals surface area (Å²) in [6, 6.07) is 1.64. The van der Waals surface area contributed by atoms with Crippen LogP contribution in [0.15, 0.2) is 15.7 Å². The van der Waals surface area contributed by atoms with Crippen molar-refractivity contribution in [2.24, 2.45) is 11.7 Å². The number of hydrogen-bond acceptors (Lipinski definition) is 4. The molecule has 0 spiro atoms. The summed E-state index contributed by atoms with van der Waals surface area (Å²) in [5.74, 6) is 0.402. The molecule has 0 saturated carbocycles. The van der Waals surface area contributed by atoms with Gasteiger partial charge in [0.1, 0.15) is 4.21 Å². The SMILES string of the molecule is CCC(CC)CNS(=O)(=O)c1cc(CN)cs1. The zero-order valence-corrected chi connectivity index (χ0v) is 11.9. The van der Waals surface area contributed by atoms with Crippen LogP contribution in [0, 0.1) is 5.92 Å². The zero-order valence-electron chi connectivity index (χ0n) is 10.3. The summed E-state index contributed by atoms with van der Waals surface area (Å²) in [5, 5.41) is 1.78. The molecule has 0 unspecified atom stereocenters. The van der Waals surface area contributed by atoms with Crippen LogP contribution < -0.4 is 10.5 Å². The van der Waals surface area contributed by atoms with Gasteiger partial charge in [0.15, 0.2) is 0 Å². The van der Waals surface area contributed by atoms with Crippen LogP contribution in [-0.4, -0.2) is 15.0 Å². The number of hydrogen-bond donors (Lipinski definition) is 2. The molecule has 0 bridgehead atoms. The maximum Gasteiger partial charge on any atom is 0.250 e. The molecule has 0 fully saturated rings. The van der Waals surface area contributed by atoms with Gasteiger partial charge in [-0.2, -0.15) is 0 Å². The van der Waals surface area contributed by atoms with E-state index in [0.717, 1.165) is 18.4 Å². The number of nitrogens with two attached hydrogens (primary N) is 1. The van der Waals surface area contributed by atoms with Crippen molar-refractivity contribution < 1.29 is 8.42 Å². The molecule has 0 aliphatic rings. The van der Waals surface area contributed by atoms with Crippen LogP contribution in [0.1, 0.15) is 32.3 Å². The Balaban J connectivity index is 2.68. The fourth-order valence-corrected chi connectivity index (χ4v) is 3.86. The Morgan fingerprint density at radius 1 is 1.41 bits per heavy atom. The molecule has 0 radical (unpaired) electrons. The Kier molecular flexibility index (Phi) is 5.58. The van der Waals surface area contributed by atoms with Gasteiger partial charge in [-0.15, -0.1) is 11.3 Å². The standard InChI is InChI=1S/C11H20N2O2S2/c1-3-9(4-2)7-13-17(14,15)11-5-10(6-12)8-16-11/h5,8-9,13H,3-4,6-7,12H2,1-2H3. The molecule has 6 heteroatoms. The lowest BCUT2D eigenvalue weighted by molar-refractivity contribution is 0.479. The molecule has 4 nitrogen and oxygen atoms in total. The molecule has 17 heavy (non-hydrogen) atoms. The fourth-order valence-electron chi connectivity index (χ4n) is 1.48. The highest BCUT2D eigenvalue weighted by molar-refractivity contribution is 7.91. The predicted molar refractivity (Wildman–Crippen MR) is 71.5 cm³/mol. The van der Waals surface area contributed by atoms with Crippen LogP contribution in [0.25, 0.3) is 0 Å². The lowest BCUT2D eigenvalue weighted by Gasteiger charge is -2.12. The van der Waals surface area contributed by atoms with Gasteiger partial charge in [-0.3, -0.25) is 0 Å². The number of sulfonamides is 1. The molecule has 1 heterocycles. The quantitative estimate of drug-likeness (QED) is 0.799. The summed E-state index contributed by atoms with van der Waals surface area (Å²) in [6.07, 6.45) is 1.97. The van der Waals surface area contributed by atoms with Crippen molar-refractivity contribution in [1.29, 1.82) is 0 Å². The van der Waals surface area contributed by atoms with E-state index < -0.39 is 10.0 Å². The maximum atomic E-state index is 12.0. The zero-order chi connectivity index (χ0) is 12.9. The second-order valence-electron chi connectivity index (χ2n) is 4.01. The number of thiophene rings is 1. The van der Waals surface area contributed by atoms with Gasteiger partial charge < -0.3 is 5.73 Å². The van der Waals surface area contributed by atoms with E-state index in [1.165, 1.54) is 11.3 Å². The highest BCUT2D eigenvalue weighted by Gasteiger charge is 2.17. The molecule has 0 aromatic carbocycles. The molecule has 0 atom stereocenters. The normalized spacial score (nSPS) is 12.2. The summed E-state index contributed by atoms with van der Waals surface area (Å²) in [4.78, 5) is 0. The lowest BCUT2D eigenvalue weighted by Crippen LogP contribution is -2.28. The Bertz CT molecular complexity index is 436. The minimum Gasteiger partial charge on any atom is -0.326 e. The van der Waals surface area contributed by atoms with Gasteiger partial charge in [0.05, 0.1) is 0 Å². The topological polar surface area (TPSA) is 72.2 Å². The van der Waals surface area contributed by atoms with Crippen molar-refractivity contribution in [2.45, 2.75) is 37.4 Å². The molecular formula is C11H20N2O2S2. The van der Waals surface area contributed by atoms with E-state index in [0.29, 0.717) is 23.2 Å². The van der Waals surface area contributed by atoms with E-state index in [2.05, 4.69) is 18.6 Å². The molecule has 0 amide bonds. The third kappa shape index (κ3) is 4.06. The van der Waals surface area contributed by atoms with E-state index in [1.807, 2.05) is 0 Å². The third-order valence-corrected chi connectivity index (χ3v) is 5.76. The Morgan fingerprint density at radius 2 is 2.06 bits per heavy atom. The van der Waals surface area contributed by atoms with Crippen LogP contribution >= 0.6 is 11.3 Å². The molecule has 1 rings (SSSR count). The van der Waals surface area contributed by atoms with E-state index in [1.54, 1.807) is 11.4 Å². The molecule has 98 valence electrons. The van der Waals surface area contributed by atoms with Gasteiger partial charge >= 0.3 is 0 Å². The Labute approximate surface area is 107 Å². The van der Waals surface area contributed by atoms with E-state index in [-0.39, 0.29) is 0 Å². The van der Waals surface area contributed by atoms with Crippen LogP contribution in [-0.2, 0) is 16.6 Å². The average Bonchev–Trinajstić information content (AvgIpc) is 2.79. The molecule has 0 aliphatic heterocycles. The third-order valence-electron chi connectivity index (χ3n) is 2.85. The second-order valence-corrected chi connectivity index (χ2v) is 6.92. The van der Waals surface area contributed by atoms with Crippen LogP contribution in [0.2, 0.25) is 0 Å². The summed E-state index contributed by atoms with van der Waals surface area (Å²) in [7, 11) is -3.35. The van der Waals surface area contributed by atoms with Crippen molar-refractivity contribution >= 4 is 21.4 Å². The molecule has 1 aromatic heterocycles. The Hall–Kier alpha value is -0.430. The number of rotatable bonds is 7. The van der Waals surface area contributed by atoms with Crippen molar-refractivity contribution in [3.05, 3.63) is 17.0 Å². The van der Waals surface area contributed by atoms with Gasteiger partial charge in [0.25, 0.3) is 0 Å². The van der Waals surface area contributed by atoms with Crippen LogP contribution in [0.5, 0.6) is 0 Å². The van der Waals surface area contributed by atoms with Gasteiger partial charge in [-0.05, 0) is 22.9 Å². The summed E-state index contributed by atoms with van der Waals surface area (Å²) in [6.45, 7) is 5.02. The molecule has 1 aromatic rings. The first kappa shape index (κ1) is 14.6. The molecule has 0 aliphatic carbocycles. The van der Waals surface area contributed by atoms with Gasteiger partial charge in [-0.25, -0.2) is 13.1 Å². The molecule has 3 N–H and O–H groups in total. The Morgan fingerprint density at radius 3 is 2.53 bits per heavy atom. The van der Waals surface area contributed by atoms with Crippen molar-refractivity contribution in [2.75, 3.05) is 6.54 Å². The minimum atomic E-state index is -3.35. The van der Waals surface area contributed by atoms with Crippen LogP contribution in [0.3, 0.4) is 0 Å². The van der Waals surface area contributed by atoms with E-state index >= 15 is 0 Å². The van der Waals surface area contributed by atoms with Gasteiger partial charge in [0.2, 0.25) is 10.0 Å². The van der Waals surface area contributed by atoms with Crippen molar-refractivity contribution in [3.63, 3.8) is 0 Å². The summed E-state index contributed by atoms with van der Waals surface area (Å²) >= 11 is 1.22. The minimum absolute atomic E-state index is 0.351. The molecular weight excluding hydrogens is 256 g/mol. The fraction of sp³-hybridized carbons (Fsp3) is 0.636. The second kappa shape index (κ2) is 6.49. The summed E-state index contributed by atoms with van der Waals surface area (Å²) < 4.78 is 26.9. The van der Waals surface area contributed by atoms with Crippen LogP contribution in [0.4, 0.5) is 0 Å². The van der Waals surface area contributed by atoms with E-state index in [4.69, 9.17) is 5.73 Å².